The number of aryl methyl sites for hydroxylation is 1. The zero-order valence-corrected chi connectivity index (χ0v) is 16.9. The number of carbonyl (C=O) groups is 1. The Hall–Kier alpha value is -1.86. The Morgan fingerprint density at radius 2 is 2.37 bits per heavy atom. The van der Waals surface area contributed by atoms with Crippen LogP contribution < -0.4 is 5.32 Å². The van der Waals surface area contributed by atoms with E-state index in [1.54, 1.807) is 11.3 Å². The van der Waals surface area contributed by atoms with Crippen LogP contribution in [0.15, 0.2) is 23.6 Å². The van der Waals surface area contributed by atoms with E-state index in [9.17, 15) is 4.79 Å². The molecule has 3 aliphatic heterocycles. The first-order valence-electron chi connectivity index (χ1n) is 9.88. The van der Waals surface area contributed by atoms with E-state index < -0.39 is 0 Å². The van der Waals surface area contributed by atoms with Crippen LogP contribution in [0, 0.1) is 5.92 Å². The number of nitrogens with one attached hydrogen (secondary N) is 1. The first-order chi connectivity index (χ1) is 13.2. The van der Waals surface area contributed by atoms with Crippen LogP contribution in [0.3, 0.4) is 0 Å². The summed E-state index contributed by atoms with van der Waals surface area (Å²) in [5, 5.41) is 9.63. The molecule has 3 aliphatic rings. The number of rotatable bonds is 6. The fourth-order valence-corrected chi connectivity index (χ4v) is 5.15. The molecule has 5 rings (SSSR count). The Bertz CT molecular complexity index is 773. The largest absolute Gasteiger partial charge is 0.448 e. The lowest BCUT2D eigenvalue weighted by molar-refractivity contribution is -0.00414. The number of nitrogens with zero attached hydrogens (tertiary/aromatic N) is 3. The van der Waals surface area contributed by atoms with Crippen LogP contribution in [0.25, 0.3) is 10.6 Å². The highest BCUT2D eigenvalue weighted by Crippen LogP contribution is 2.42. The maximum atomic E-state index is 11.7. The van der Waals surface area contributed by atoms with Gasteiger partial charge in [-0.1, -0.05) is 13.0 Å². The van der Waals surface area contributed by atoms with Gasteiger partial charge in [0, 0.05) is 37.8 Å². The normalized spacial score (nSPS) is 26.9. The molecule has 146 valence electrons. The Kier molecular flexibility index (Phi) is 5.50. The highest BCUT2D eigenvalue weighted by molar-refractivity contribution is 7.13. The fourth-order valence-electron chi connectivity index (χ4n) is 4.47. The van der Waals surface area contributed by atoms with Crippen LogP contribution in [-0.4, -0.2) is 53.1 Å². The number of ether oxygens (including phenoxy) is 1. The summed E-state index contributed by atoms with van der Waals surface area (Å²) in [6, 6.07) is 6.81. The van der Waals surface area contributed by atoms with Gasteiger partial charge in [-0.25, -0.2) is 4.79 Å². The Labute approximate surface area is 164 Å². The van der Waals surface area contributed by atoms with Gasteiger partial charge in [0.25, 0.3) is 0 Å². The Balaban J connectivity index is 1.40. The topological polar surface area (TPSA) is 59.4 Å². The third-order valence-corrected chi connectivity index (χ3v) is 6.77. The van der Waals surface area contributed by atoms with Crippen LogP contribution in [0.5, 0.6) is 0 Å². The van der Waals surface area contributed by atoms with Gasteiger partial charge in [-0.3, -0.25) is 9.58 Å². The molecule has 3 saturated heterocycles. The van der Waals surface area contributed by atoms with E-state index in [0.29, 0.717) is 31.0 Å². The quantitative estimate of drug-likeness (QED) is 0.823. The minimum atomic E-state index is -0.289. The summed E-state index contributed by atoms with van der Waals surface area (Å²) < 4.78 is 7.51. The van der Waals surface area contributed by atoms with Gasteiger partial charge in [0.1, 0.15) is 12.3 Å². The van der Waals surface area contributed by atoms with Crippen molar-refractivity contribution >= 4 is 17.4 Å². The lowest BCUT2D eigenvalue weighted by Crippen LogP contribution is -2.54. The summed E-state index contributed by atoms with van der Waals surface area (Å²) in [5.74, 6) is 1.14. The molecule has 7 heteroatoms. The number of fused-ring (bicyclic) bond motifs is 3. The number of hydrogen-bond acceptors (Lipinski definition) is 5. The van der Waals surface area contributed by atoms with Gasteiger partial charge >= 0.3 is 6.09 Å². The van der Waals surface area contributed by atoms with Gasteiger partial charge in [0.2, 0.25) is 0 Å². The van der Waals surface area contributed by atoms with Crippen molar-refractivity contribution < 1.29 is 9.53 Å². The third-order valence-electron chi connectivity index (χ3n) is 5.87. The first kappa shape index (κ1) is 18.5. The van der Waals surface area contributed by atoms with E-state index in [0.717, 1.165) is 31.6 Å². The first-order valence-corrected chi connectivity index (χ1v) is 10.8. The number of hydrogen-bond donors (Lipinski definition) is 1. The maximum absolute atomic E-state index is 11.7. The van der Waals surface area contributed by atoms with Crippen molar-refractivity contribution in [2.24, 2.45) is 13.0 Å². The van der Waals surface area contributed by atoms with Gasteiger partial charge in [0.05, 0.1) is 4.88 Å². The maximum Gasteiger partial charge on any atom is 0.407 e. The molecular formula is C20H28N4O2S. The average Bonchev–Trinajstić information content (AvgIpc) is 3.34. The minimum Gasteiger partial charge on any atom is -0.448 e. The van der Waals surface area contributed by atoms with E-state index in [2.05, 4.69) is 45.5 Å². The molecule has 2 bridgehead atoms. The van der Waals surface area contributed by atoms with E-state index in [-0.39, 0.29) is 6.09 Å². The van der Waals surface area contributed by atoms with Gasteiger partial charge < -0.3 is 10.1 Å². The lowest BCUT2D eigenvalue weighted by atomic mass is 9.74. The molecule has 1 amide bonds. The number of aromatic nitrogens is 2. The second kappa shape index (κ2) is 8.02. The van der Waals surface area contributed by atoms with Gasteiger partial charge in [-0.2, -0.15) is 5.10 Å². The molecule has 5 heterocycles. The monoisotopic (exact) mass is 388 g/mol. The SMILES string of the molecule is CCCNC(=O)OC[C@H]1C[C@@H]2CCN1C[C@@H]2c1cc(-c2cccs2)nn1C. The van der Waals surface area contributed by atoms with Crippen molar-refractivity contribution in [3.05, 3.63) is 29.3 Å². The highest BCUT2D eigenvalue weighted by atomic mass is 32.1. The average molecular weight is 389 g/mol. The van der Waals surface area contributed by atoms with E-state index >= 15 is 0 Å². The predicted octanol–water partition coefficient (Wildman–Crippen LogP) is 3.46. The molecule has 6 nitrogen and oxygen atoms in total. The molecule has 1 N–H and O–H groups in total. The van der Waals surface area contributed by atoms with Crippen LogP contribution in [0.2, 0.25) is 0 Å². The second-order valence-electron chi connectivity index (χ2n) is 7.62. The molecule has 0 radical (unpaired) electrons. The summed E-state index contributed by atoms with van der Waals surface area (Å²) in [4.78, 5) is 15.5. The summed E-state index contributed by atoms with van der Waals surface area (Å²) in [6.07, 6.45) is 2.93. The van der Waals surface area contributed by atoms with Crippen LogP contribution in [-0.2, 0) is 11.8 Å². The number of amides is 1. The van der Waals surface area contributed by atoms with E-state index in [1.165, 1.54) is 17.0 Å². The lowest BCUT2D eigenvalue weighted by Gasteiger charge is -2.49. The van der Waals surface area contributed by atoms with Gasteiger partial charge in [-0.15, -0.1) is 11.3 Å². The number of piperidine rings is 3. The van der Waals surface area contributed by atoms with Crippen molar-refractivity contribution in [3.63, 3.8) is 0 Å². The summed E-state index contributed by atoms with van der Waals surface area (Å²) in [6.45, 7) is 5.32. The molecule has 27 heavy (non-hydrogen) atoms. The van der Waals surface area contributed by atoms with Crippen LogP contribution >= 0.6 is 11.3 Å². The zero-order chi connectivity index (χ0) is 18.8. The molecule has 0 saturated carbocycles. The molecule has 4 atom stereocenters. The molecule has 0 aliphatic carbocycles. The Morgan fingerprint density at radius 3 is 3.07 bits per heavy atom. The highest BCUT2D eigenvalue weighted by Gasteiger charge is 2.42. The summed E-state index contributed by atoms with van der Waals surface area (Å²) in [5.41, 5.74) is 2.40. The Morgan fingerprint density at radius 1 is 1.48 bits per heavy atom. The summed E-state index contributed by atoms with van der Waals surface area (Å²) in [7, 11) is 2.06. The number of thiophene rings is 1. The molecule has 1 unspecified atom stereocenters. The van der Waals surface area contributed by atoms with Gasteiger partial charge in [0.15, 0.2) is 0 Å². The number of carbonyl (C=O) groups excluding carboxylic acids is 1. The molecule has 3 fully saturated rings. The van der Waals surface area contributed by atoms with Crippen molar-refractivity contribution in [1.82, 2.24) is 20.0 Å². The van der Waals surface area contributed by atoms with Crippen LogP contribution in [0.4, 0.5) is 4.79 Å². The fraction of sp³-hybridized carbons (Fsp3) is 0.600. The third kappa shape index (κ3) is 3.89. The van der Waals surface area contributed by atoms with Crippen LogP contribution in [0.1, 0.15) is 37.8 Å². The minimum absolute atomic E-state index is 0.289. The standard InChI is InChI=1S/C20H28N4O2S/c1-3-7-21-20(25)26-13-15-10-14-6-8-24(15)12-16(14)18-11-17(22-23(18)2)19-5-4-9-27-19/h4-5,9,11,14-16H,3,6-8,10,12-13H2,1-2H3,(H,21,25)/t14-,15+,16-/m0/s1. The van der Waals surface area contributed by atoms with E-state index in [4.69, 9.17) is 9.84 Å². The zero-order valence-electron chi connectivity index (χ0n) is 16.1. The van der Waals surface area contributed by atoms with Crippen molar-refractivity contribution in [1.29, 1.82) is 0 Å². The van der Waals surface area contributed by atoms with Crippen molar-refractivity contribution in [3.8, 4) is 10.6 Å². The van der Waals surface area contributed by atoms with Crippen molar-refractivity contribution in [2.75, 3.05) is 26.2 Å². The summed E-state index contributed by atoms with van der Waals surface area (Å²) >= 11 is 1.73. The molecule has 2 aromatic heterocycles. The van der Waals surface area contributed by atoms with Gasteiger partial charge in [-0.05, 0) is 49.2 Å². The molecule has 0 spiro atoms. The molecular weight excluding hydrogens is 360 g/mol. The predicted molar refractivity (Wildman–Crippen MR) is 107 cm³/mol. The smallest absolute Gasteiger partial charge is 0.407 e. The second-order valence-corrected chi connectivity index (χ2v) is 8.57. The number of alkyl carbamates (subject to hydrolysis) is 1. The molecule has 0 aromatic carbocycles. The molecule has 2 aromatic rings. The van der Waals surface area contributed by atoms with Crippen molar-refractivity contribution in [2.45, 2.75) is 38.1 Å². The van der Waals surface area contributed by atoms with E-state index in [1.807, 2.05) is 6.92 Å².